The minimum Gasteiger partial charge on any atom is -0.396 e. The molecule has 0 radical (unpaired) electrons. The Morgan fingerprint density at radius 1 is 1.27 bits per heavy atom. The Bertz CT molecular complexity index is 1120. The van der Waals surface area contributed by atoms with Gasteiger partial charge in [-0.3, -0.25) is 4.79 Å². The van der Waals surface area contributed by atoms with E-state index in [1.807, 2.05) is 31.2 Å². The number of carbonyl (C=O) groups is 1. The third-order valence-electron chi connectivity index (χ3n) is 6.04. The second-order valence-corrected chi connectivity index (χ2v) is 9.90. The molecule has 1 aliphatic rings. The van der Waals surface area contributed by atoms with Crippen molar-refractivity contribution in [3.8, 4) is 11.5 Å². The molecule has 0 aliphatic heterocycles. The molecule has 1 atom stereocenters. The van der Waals surface area contributed by atoms with Gasteiger partial charge < -0.3 is 14.2 Å². The van der Waals surface area contributed by atoms with Crippen LogP contribution < -0.4 is 0 Å². The minimum atomic E-state index is -0.209. The molecule has 4 rings (SSSR count). The highest BCUT2D eigenvalue weighted by Crippen LogP contribution is 2.41. The van der Waals surface area contributed by atoms with Gasteiger partial charge in [-0.05, 0) is 55.4 Å². The van der Waals surface area contributed by atoms with Crippen molar-refractivity contribution in [2.75, 3.05) is 6.61 Å². The van der Waals surface area contributed by atoms with Crippen molar-refractivity contribution in [1.82, 2.24) is 19.9 Å². The summed E-state index contributed by atoms with van der Waals surface area (Å²) in [4.78, 5) is 13.0. The number of rotatable bonds is 11. The van der Waals surface area contributed by atoms with Gasteiger partial charge in [0.2, 0.25) is 0 Å². The fraction of sp³-hybridized carbons (Fsp3) is 0.520. The molecule has 2 aromatic heterocycles. The molecular formula is C25H31ClN4O3. The van der Waals surface area contributed by atoms with Crippen molar-refractivity contribution in [3.63, 3.8) is 0 Å². The lowest BCUT2D eigenvalue weighted by molar-refractivity contribution is -0.118. The van der Waals surface area contributed by atoms with Gasteiger partial charge in [-0.25, -0.2) is 0 Å². The quantitative estimate of drug-likeness (QED) is 0.419. The summed E-state index contributed by atoms with van der Waals surface area (Å²) in [6, 6.07) is 7.81. The molecule has 1 aromatic carbocycles. The maximum Gasteiger partial charge on any atom is 0.186 e. The Morgan fingerprint density at radius 2 is 2.06 bits per heavy atom. The van der Waals surface area contributed by atoms with Gasteiger partial charge in [0, 0.05) is 48.9 Å². The molecule has 0 unspecified atom stereocenters. The van der Waals surface area contributed by atoms with Gasteiger partial charge in [-0.15, -0.1) is 10.2 Å². The van der Waals surface area contributed by atoms with Crippen LogP contribution in [0.3, 0.4) is 0 Å². The highest BCUT2D eigenvalue weighted by atomic mass is 35.5. The van der Waals surface area contributed by atoms with Crippen LogP contribution >= 0.6 is 11.6 Å². The summed E-state index contributed by atoms with van der Waals surface area (Å²) in [7, 11) is 0. The summed E-state index contributed by atoms with van der Waals surface area (Å²) < 4.78 is 7.63. The molecule has 1 N–H and O–H groups in total. The van der Waals surface area contributed by atoms with Crippen LogP contribution in [0.15, 0.2) is 28.8 Å². The largest absolute Gasteiger partial charge is 0.396 e. The number of aliphatic hydroxyl groups is 1. The Kier molecular flexibility index (Phi) is 7.29. The fourth-order valence-corrected chi connectivity index (χ4v) is 4.49. The number of nitrogens with zero attached hydrogens (tertiary/aromatic N) is 4. The molecular weight excluding hydrogens is 440 g/mol. The van der Waals surface area contributed by atoms with Crippen LogP contribution in [-0.2, 0) is 17.6 Å². The zero-order valence-electron chi connectivity index (χ0n) is 19.4. The van der Waals surface area contributed by atoms with Crippen LogP contribution in [-0.4, -0.2) is 37.4 Å². The van der Waals surface area contributed by atoms with Gasteiger partial charge in [-0.1, -0.05) is 36.7 Å². The first-order valence-electron chi connectivity index (χ1n) is 11.6. The smallest absolute Gasteiger partial charge is 0.186 e. The van der Waals surface area contributed by atoms with Gasteiger partial charge in [0.15, 0.2) is 11.5 Å². The lowest BCUT2D eigenvalue weighted by Crippen LogP contribution is -2.16. The van der Waals surface area contributed by atoms with Gasteiger partial charge >= 0.3 is 0 Å². The zero-order chi connectivity index (χ0) is 23.5. The van der Waals surface area contributed by atoms with Crippen LogP contribution in [0.25, 0.3) is 11.5 Å². The molecule has 1 aliphatic carbocycles. The molecule has 176 valence electrons. The lowest BCUT2D eigenvalue weighted by atomic mass is 9.93. The van der Waals surface area contributed by atoms with Crippen molar-refractivity contribution in [2.45, 2.75) is 71.3 Å². The normalized spacial score (nSPS) is 14.7. The van der Waals surface area contributed by atoms with Gasteiger partial charge in [0.05, 0.1) is 0 Å². The standard InChI is InChI=1S/C25H31ClN4O3/c1-15(2)10-22-14-23(29-33-22)25-28-27-24(30(25)20-6-7-20)18(8-9-31)13-21(32)12-17-4-5-19(26)11-16(17)3/h4-5,11,14-15,18,20,31H,6-10,12-13H2,1-3H3/t18-/m0/s1. The van der Waals surface area contributed by atoms with Crippen LogP contribution in [0.1, 0.15) is 74.2 Å². The van der Waals surface area contributed by atoms with Crippen LogP contribution in [0.5, 0.6) is 0 Å². The van der Waals surface area contributed by atoms with E-state index in [0.717, 1.165) is 42.0 Å². The molecule has 2 heterocycles. The first kappa shape index (κ1) is 23.6. The van der Waals surface area contributed by atoms with Gasteiger partial charge in [0.25, 0.3) is 0 Å². The number of halogens is 1. The average Bonchev–Trinajstić information content (AvgIpc) is 3.32. The van der Waals surface area contributed by atoms with Crippen LogP contribution in [0.4, 0.5) is 0 Å². The number of hydrogen-bond acceptors (Lipinski definition) is 6. The molecule has 1 saturated carbocycles. The number of benzene rings is 1. The number of Topliss-reactive ketones (excluding diaryl/α,β-unsaturated/α-hetero) is 1. The molecule has 3 aromatic rings. The monoisotopic (exact) mass is 470 g/mol. The number of hydrogen-bond donors (Lipinski definition) is 1. The van der Waals surface area contributed by atoms with E-state index in [1.165, 1.54) is 0 Å². The SMILES string of the molecule is Cc1cc(Cl)ccc1CC(=O)C[C@H](CCO)c1nnc(-c2cc(CC(C)C)on2)n1C1CC1. The first-order valence-corrected chi connectivity index (χ1v) is 12.0. The average molecular weight is 471 g/mol. The molecule has 0 saturated heterocycles. The minimum absolute atomic E-state index is 0.0206. The molecule has 1 fully saturated rings. The van der Waals surface area contributed by atoms with Crippen LogP contribution in [0.2, 0.25) is 5.02 Å². The third kappa shape index (κ3) is 5.71. The molecule has 0 amide bonds. The van der Waals surface area contributed by atoms with E-state index in [2.05, 4.69) is 33.8 Å². The summed E-state index contributed by atoms with van der Waals surface area (Å²) in [6.07, 6.45) is 3.97. The molecule has 0 bridgehead atoms. The summed E-state index contributed by atoms with van der Waals surface area (Å²) in [5, 5.41) is 23.5. The number of carbonyl (C=O) groups excluding carboxylic acids is 1. The van der Waals surface area contributed by atoms with Crippen molar-refractivity contribution in [1.29, 1.82) is 0 Å². The van der Waals surface area contributed by atoms with Crippen molar-refractivity contribution in [3.05, 3.63) is 52.0 Å². The Labute approximate surface area is 199 Å². The Hall–Kier alpha value is -2.51. The van der Waals surface area contributed by atoms with E-state index in [1.54, 1.807) is 0 Å². The van der Waals surface area contributed by atoms with Crippen molar-refractivity contribution < 1.29 is 14.4 Å². The van der Waals surface area contributed by atoms with E-state index >= 15 is 0 Å². The topological polar surface area (TPSA) is 94.0 Å². The first-order chi connectivity index (χ1) is 15.9. The van der Waals surface area contributed by atoms with Gasteiger partial charge in [-0.2, -0.15) is 0 Å². The predicted octanol–water partition coefficient (Wildman–Crippen LogP) is 5.10. The van der Waals surface area contributed by atoms with E-state index in [0.29, 0.717) is 47.8 Å². The summed E-state index contributed by atoms with van der Waals surface area (Å²) in [6.45, 7) is 6.21. The molecule has 8 heteroatoms. The Balaban J connectivity index is 1.57. The number of aromatic nitrogens is 4. The van der Waals surface area contributed by atoms with Crippen molar-refractivity contribution in [2.24, 2.45) is 5.92 Å². The number of aliphatic hydroxyl groups excluding tert-OH is 1. The van der Waals surface area contributed by atoms with Gasteiger partial charge in [0.1, 0.15) is 17.4 Å². The summed E-state index contributed by atoms with van der Waals surface area (Å²) in [5.74, 6) is 2.61. The second-order valence-electron chi connectivity index (χ2n) is 9.46. The third-order valence-corrected chi connectivity index (χ3v) is 6.28. The molecule has 7 nitrogen and oxygen atoms in total. The second kappa shape index (κ2) is 10.2. The fourth-order valence-electron chi connectivity index (χ4n) is 4.26. The van der Waals surface area contributed by atoms with E-state index < -0.39 is 0 Å². The maximum absolute atomic E-state index is 13.0. The molecule has 33 heavy (non-hydrogen) atoms. The van der Waals surface area contributed by atoms with Crippen molar-refractivity contribution >= 4 is 17.4 Å². The van der Waals surface area contributed by atoms with E-state index in [9.17, 15) is 9.90 Å². The number of aryl methyl sites for hydroxylation is 1. The summed E-state index contributed by atoms with van der Waals surface area (Å²) >= 11 is 6.05. The number of ketones is 1. The zero-order valence-corrected chi connectivity index (χ0v) is 20.2. The van der Waals surface area contributed by atoms with E-state index in [4.69, 9.17) is 16.1 Å². The maximum atomic E-state index is 13.0. The Morgan fingerprint density at radius 3 is 2.73 bits per heavy atom. The molecule has 0 spiro atoms. The predicted molar refractivity (Wildman–Crippen MR) is 126 cm³/mol. The highest BCUT2D eigenvalue weighted by Gasteiger charge is 2.34. The van der Waals surface area contributed by atoms with E-state index in [-0.39, 0.29) is 18.3 Å². The highest BCUT2D eigenvalue weighted by molar-refractivity contribution is 6.30. The van der Waals surface area contributed by atoms with Crippen LogP contribution in [0, 0.1) is 12.8 Å². The lowest BCUT2D eigenvalue weighted by Gasteiger charge is -2.17. The summed E-state index contributed by atoms with van der Waals surface area (Å²) in [5.41, 5.74) is 2.64.